The van der Waals surface area contributed by atoms with Crippen LogP contribution in [0.15, 0.2) is 76.6 Å². The van der Waals surface area contributed by atoms with Gasteiger partial charge >= 0.3 is 5.97 Å². The molecule has 3 aromatic carbocycles. The summed E-state index contributed by atoms with van der Waals surface area (Å²) in [6.07, 6.45) is 0. The number of rotatable bonds is 6. The summed E-state index contributed by atoms with van der Waals surface area (Å²) in [5, 5.41) is 0.421. The summed E-state index contributed by atoms with van der Waals surface area (Å²) in [5.41, 5.74) is 1.66. The maximum absolute atomic E-state index is 12.9. The van der Waals surface area contributed by atoms with E-state index in [0.29, 0.717) is 15.4 Å². The largest absolute Gasteiger partial charge is 0.462 e. The van der Waals surface area contributed by atoms with E-state index < -0.39 is 21.9 Å². The number of aryl methyl sites for hydroxylation is 1. The quantitative estimate of drug-likeness (QED) is 0.367. The molecule has 0 aliphatic carbocycles. The number of esters is 1. The van der Waals surface area contributed by atoms with E-state index in [0.717, 1.165) is 10.2 Å². The molecule has 180 valence electrons. The van der Waals surface area contributed by atoms with Crippen LogP contribution in [-0.4, -0.2) is 31.5 Å². The minimum Gasteiger partial charge on any atom is -0.462 e. The van der Waals surface area contributed by atoms with E-state index in [4.69, 9.17) is 16.3 Å². The SMILES string of the molecule is CCOC(=O)c1ccc2c(c1)sc(=NC(=O)c1cccc(NS(=O)(=O)c3ccc(Cl)cc3)c1)n2C. The van der Waals surface area contributed by atoms with Gasteiger partial charge in [0.1, 0.15) is 0 Å². The van der Waals surface area contributed by atoms with E-state index in [1.807, 2.05) is 0 Å². The van der Waals surface area contributed by atoms with E-state index in [1.165, 1.54) is 41.7 Å². The standard InChI is InChI=1S/C24H20ClN3O5S2/c1-3-33-23(30)16-7-12-20-21(14-16)34-24(28(20)2)26-22(29)15-5-4-6-18(13-15)27-35(31,32)19-10-8-17(25)9-11-19/h4-14,27H,3H2,1-2H3. The Morgan fingerprint density at radius 3 is 2.51 bits per heavy atom. The lowest BCUT2D eigenvalue weighted by molar-refractivity contribution is 0.0526. The van der Waals surface area contributed by atoms with Crippen LogP contribution in [0.3, 0.4) is 0 Å². The number of anilines is 1. The van der Waals surface area contributed by atoms with Gasteiger partial charge in [-0.1, -0.05) is 29.0 Å². The molecule has 11 heteroatoms. The van der Waals surface area contributed by atoms with Crippen LogP contribution in [-0.2, 0) is 21.8 Å². The monoisotopic (exact) mass is 529 g/mol. The van der Waals surface area contributed by atoms with Gasteiger partial charge in [0.2, 0.25) is 0 Å². The Balaban J connectivity index is 1.62. The number of carbonyl (C=O) groups excluding carboxylic acids is 2. The second kappa shape index (κ2) is 10.0. The number of amides is 1. The lowest BCUT2D eigenvalue weighted by atomic mass is 10.2. The zero-order chi connectivity index (χ0) is 25.2. The maximum Gasteiger partial charge on any atom is 0.338 e. The van der Waals surface area contributed by atoms with Crippen molar-refractivity contribution in [2.45, 2.75) is 11.8 Å². The molecule has 0 saturated heterocycles. The topological polar surface area (TPSA) is 107 Å². The number of hydrogen-bond acceptors (Lipinski definition) is 6. The average molecular weight is 530 g/mol. The number of thiazole rings is 1. The number of halogens is 1. The van der Waals surface area contributed by atoms with Gasteiger partial charge in [0.25, 0.3) is 15.9 Å². The molecule has 0 fully saturated rings. The molecule has 0 saturated carbocycles. The number of fused-ring (bicyclic) bond motifs is 1. The summed E-state index contributed by atoms with van der Waals surface area (Å²) in [4.78, 5) is 29.6. The zero-order valence-electron chi connectivity index (χ0n) is 18.7. The van der Waals surface area contributed by atoms with Gasteiger partial charge in [-0.3, -0.25) is 9.52 Å². The van der Waals surface area contributed by atoms with Gasteiger partial charge in [-0.15, -0.1) is 0 Å². The summed E-state index contributed by atoms with van der Waals surface area (Å²) >= 11 is 7.09. The highest BCUT2D eigenvalue weighted by Crippen LogP contribution is 2.21. The van der Waals surface area contributed by atoms with E-state index in [9.17, 15) is 18.0 Å². The van der Waals surface area contributed by atoms with Crippen LogP contribution in [0.4, 0.5) is 5.69 Å². The highest BCUT2D eigenvalue weighted by molar-refractivity contribution is 7.92. The predicted molar refractivity (Wildman–Crippen MR) is 135 cm³/mol. The summed E-state index contributed by atoms with van der Waals surface area (Å²) in [7, 11) is -2.09. The molecule has 0 spiro atoms. The minimum absolute atomic E-state index is 0.0443. The Hall–Kier alpha value is -3.47. The second-order valence-electron chi connectivity index (χ2n) is 7.40. The third-order valence-corrected chi connectivity index (χ3v) is 7.75. The highest BCUT2D eigenvalue weighted by atomic mass is 35.5. The van der Waals surface area contributed by atoms with Gasteiger partial charge < -0.3 is 9.30 Å². The Kier molecular flexibility index (Phi) is 7.06. The molecule has 35 heavy (non-hydrogen) atoms. The molecule has 0 aliphatic heterocycles. The fourth-order valence-electron chi connectivity index (χ4n) is 3.28. The summed E-state index contributed by atoms with van der Waals surface area (Å²) in [5.74, 6) is -0.955. The molecule has 1 aromatic heterocycles. The zero-order valence-corrected chi connectivity index (χ0v) is 21.1. The van der Waals surface area contributed by atoms with Crippen molar-refractivity contribution in [3.05, 3.63) is 87.7 Å². The first-order valence-corrected chi connectivity index (χ1v) is 13.1. The Morgan fingerprint density at radius 2 is 1.80 bits per heavy atom. The van der Waals surface area contributed by atoms with Crippen molar-refractivity contribution in [3.8, 4) is 0 Å². The van der Waals surface area contributed by atoms with Crippen LogP contribution < -0.4 is 9.52 Å². The van der Waals surface area contributed by atoms with Gasteiger partial charge in [0, 0.05) is 23.3 Å². The van der Waals surface area contributed by atoms with E-state index in [1.54, 1.807) is 54.9 Å². The molecule has 0 radical (unpaired) electrons. The second-order valence-corrected chi connectivity index (χ2v) is 10.5. The molecule has 4 rings (SSSR count). The van der Waals surface area contributed by atoms with Crippen LogP contribution >= 0.6 is 22.9 Å². The van der Waals surface area contributed by atoms with E-state index >= 15 is 0 Å². The van der Waals surface area contributed by atoms with Crippen LogP contribution in [0.2, 0.25) is 5.02 Å². The summed E-state index contributed by atoms with van der Waals surface area (Å²) < 4.78 is 35.3. The first-order chi connectivity index (χ1) is 16.7. The van der Waals surface area contributed by atoms with Crippen molar-refractivity contribution < 1.29 is 22.7 Å². The number of nitrogens with one attached hydrogen (secondary N) is 1. The van der Waals surface area contributed by atoms with Crippen LogP contribution in [0.1, 0.15) is 27.6 Å². The van der Waals surface area contributed by atoms with Crippen molar-refractivity contribution in [1.29, 1.82) is 0 Å². The lowest BCUT2D eigenvalue weighted by Gasteiger charge is -2.09. The summed E-state index contributed by atoms with van der Waals surface area (Å²) in [6, 6.07) is 17.0. The number of aromatic nitrogens is 1. The van der Waals surface area contributed by atoms with E-state index in [-0.39, 0.29) is 22.8 Å². The van der Waals surface area contributed by atoms with Gasteiger partial charge in [0.15, 0.2) is 4.80 Å². The number of ether oxygens (including phenoxy) is 1. The molecule has 8 nitrogen and oxygen atoms in total. The van der Waals surface area contributed by atoms with Crippen molar-refractivity contribution in [1.82, 2.24) is 4.57 Å². The number of carbonyl (C=O) groups is 2. The average Bonchev–Trinajstić information content (AvgIpc) is 3.13. The molecule has 0 atom stereocenters. The van der Waals surface area contributed by atoms with Gasteiger partial charge in [-0.25, -0.2) is 13.2 Å². The molecule has 1 amide bonds. The Morgan fingerprint density at radius 1 is 1.06 bits per heavy atom. The number of nitrogens with zero attached hydrogens (tertiary/aromatic N) is 2. The van der Waals surface area contributed by atoms with Crippen molar-refractivity contribution in [3.63, 3.8) is 0 Å². The molecule has 1 N–H and O–H groups in total. The van der Waals surface area contributed by atoms with Crippen molar-refractivity contribution in [2.75, 3.05) is 11.3 Å². The third-order valence-electron chi connectivity index (χ3n) is 5.00. The predicted octanol–water partition coefficient (Wildman–Crippen LogP) is 4.61. The first-order valence-electron chi connectivity index (χ1n) is 10.4. The fourth-order valence-corrected chi connectivity index (χ4v) is 5.51. The molecule has 4 aromatic rings. The van der Waals surface area contributed by atoms with Crippen LogP contribution in [0.25, 0.3) is 10.2 Å². The molecular formula is C24H20ClN3O5S2. The molecule has 0 bridgehead atoms. The minimum atomic E-state index is -3.86. The van der Waals surface area contributed by atoms with Crippen LogP contribution in [0, 0.1) is 0 Å². The molecular weight excluding hydrogens is 510 g/mol. The molecule has 0 unspecified atom stereocenters. The number of benzene rings is 3. The van der Waals surface area contributed by atoms with Gasteiger partial charge in [-0.2, -0.15) is 4.99 Å². The number of hydrogen-bond donors (Lipinski definition) is 1. The maximum atomic E-state index is 12.9. The lowest BCUT2D eigenvalue weighted by Crippen LogP contribution is -2.14. The highest BCUT2D eigenvalue weighted by Gasteiger charge is 2.16. The molecule has 0 aliphatic rings. The van der Waals surface area contributed by atoms with Gasteiger partial charge in [-0.05, 0) is 67.6 Å². The summed E-state index contributed by atoms with van der Waals surface area (Å²) in [6.45, 7) is 2.01. The number of sulfonamides is 1. The van der Waals surface area contributed by atoms with Crippen LogP contribution in [0.5, 0.6) is 0 Å². The normalized spacial score (nSPS) is 12.0. The molecule has 1 heterocycles. The Bertz CT molecular complexity index is 1610. The fraction of sp³-hybridized carbons (Fsp3) is 0.125. The van der Waals surface area contributed by atoms with E-state index in [2.05, 4.69) is 9.71 Å². The Labute approximate surface area is 210 Å². The smallest absolute Gasteiger partial charge is 0.338 e. The van der Waals surface area contributed by atoms with Crippen molar-refractivity contribution >= 4 is 60.7 Å². The van der Waals surface area contributed by atoms with Crippen molar-refractivity contribution in [2.24, 2.45) is 12.0 Å². The third kappa shape index (κ3) is 5.45. The van der Waals surface area contributed by atoms with Gasteiger partial charge in [0.05, 0.1) is 27.3 Å². The first kappa shape index (κ1) is 24.6.